The average Bonchev–Trinajstić information content (AvgIpc) is 3.21. The summed E-state index contributed by atoms with van der Waals surface area (Å²) in [6, 6.07) is 7.61. The molecule has 0 amide bonds. The Bertz CT molecular complexity index is 1500. The quantitative estimate of drug-likeness (QED) is 0.242. The third kappa shape index (κ3) is 3.66. The standard InChI is InChI=1S/C28H34N2O6Si/c1-8-28(33)20-12-22-23-18(13-30(22)25(31)19(20)14-35-26(28)32)24(37(6,7)27(2,3)4)17-11-16(36-15-34-5)9-10-21(17)29-23/h9-12,33H,8,13-15H2,1-7H3/t28-/m0/s1. The van der Waals surface area contributed by atoms with Gasteiger partial charge in [0.05, 0.1) is 37.1 Å². The number of aromatic nitrogens is 2. The number of ether oxygens (including phenoxy) is 3. The number of pyridine rings is 2. The first-order chi connectivity index (χ1) is 17.3. The number of cyclic esters (lactones) is 1. The van der Waals surface area contributed by atoms with Gasteiger partial charge in [0, 0.05) is 18.1 Å². The Kier molecular flexibility index (Phi) is 5.89. The van der Waals surface area contributed by atoms with Gasteiger partial charge in [0.25, 0.3) is 5.56 Å². The molecule has 0 saturated carbocycles. The number of benzene rings is 1. The van der Waals surface area contributed by atoms with E-state index in [1.165, 1.54) is 5.19 Å². The van der Waals surface area contributed by atoms with Crippen molar-refractivity contribution in [3.05, 3.63) is 51.3 Å². The first-order valence-electron chi connectivity index (χ1n) is 12.6. The van der Waals surface area contributed by atoms with E-state index in [0.717, 1.165) is 22.2 Å². The molecule has 1 aromatic carbocycles. The Hall–Kier alpha value is -3.01. The molecule has 3 aromatic rings. The van der Waals surface area contributed by atoms with Crippen molar-refractivity contribution in [3.8, 4) is 17.1 Å². The average molecular weight is 523 g/mol. The molecule has 1 N–H and O–H groups in total. The fourth-order valence-corrected chi connectivity index (χ4v) is 7.94. The molecule has 0 radical (unpaired) electrons. The van der Waals surface area contributed by atoms with Gasteiger partial charge in [0.15, 0.2) is 12.4 Å². The zero-order valence-corrected chi connectivity index (χ0v) is 23.5. The molecule has 0 fully saturated rings. The van der Waals surface area contributed by atoms with Crippen LogP contribution in [0.4, 0.5) is 0 Å². The summed E-state index contributed by atoms with van der Waals surface area (Å²) in [5, 5.41) is 13.5. The lowest BCUT2D eigenvalue weighted by Crippen LogP contribution is -2.51. The Balaban J connectivity index is 1.83. The highest BCUT2D eigenvalue weighted by Gasteiger charge is 2.46. The first-order valence-corrected chi connectivity index (χ1v) is 15.6. The van der Waals surface area contributed by atoms with E-state index in [4.69, 9.17) is 19.2 Å². The van der Waals surface area contributed by atoms with E-state index < -0.39 is 19.6 Å². The summed E-state index contributed by atoms with van der Waals surface area (Å²) in [6.07, 6.45) is 0.110. The van der Waals surface area contributed by atoms with Crippen molar-refractivity contribution in [3.63, 3.8) is 0 Å². The molecule has 2 aliphatic rings. The first kappa shape index (κ1) is 25.6. The van der Waals surface area contributed by atoms with Crippen LogP contribution in [0.25, 0.3) is 22.3 Å². The monoisotopic (exact) mass is 522 g/mol. The lowest BCUT2D eigenvalue weighted by Gasteiger charge is -2.39. The van der Waals surface area contributed by atoms with Crippen LogP contribution in [0.2, 0.25) is 18.1 Å². The topological polar surface area (TPSA) is 99.9 Å². The molecule has 2 aliphatic heterocycles. The van der Waals surface area contributed by atoms with Gasteiger partial charge in [-0.3, -0.25) is 4.79 Å². The van der Waals surface area contributed by atoms with E-state index >= 15 is 0 Å². The summed E-state index contributed by atoms with van der Waals surface area (Å²) >= 11 is 0. The second-order valence-electron chi connectivity index (χ2n) is 11.5. The maximum atomic E-state index is 13.7. The number of hydrogen-bond donors (Lipinski definition) is 1. The maximum Gasteiger partial charge on any atom is 0.343 e. The third-order valence-electron chi connectivity index (χ3n) is 8.50. The third-order valence-corrected chi connectivity index (χ3v) is 14.1. The van der Waals surface area contributed by atoms with Crippen molar-refractivity contribution in [1.82, 2.24) is 9.55 Å². The van der Waals surface area contributed by atoms with Crippen LogP contribution in [0.1, 0.15) is 50.8 Å². The summed E-state index contributed by atoms with van der Waals surface area (Å²) < 4.78 is 17.8. The summed E-state index contributed by atoms with van der Waals surface area (Å²) in [7, 11) is -0.575. The van der Waals surface area contributed by atoms with Crippen LogP contribution in [0.3, 0.4) is 0 Å². The second-order valence-corrected chi connectivity index (χ2v) is 16.8. The van der Waals surface area contributed by atoms with Crippen molar-refractivity contribution in [2.45, 2.75) is 71.0 Å². The minimum atomic E-state index is -2.16. The number of methoxy groups -OCH3 is 1. The molecule has 0 saturated heterocycles. The normalized spacial score (nSPS) is 18.9. The molecule has 0 aliphatic carbocycles. The lowest BCUT2D eigenvalue weighted by atomic mass is 9.86. The van der Waals surface area contributed by atoms with Gasteiger partial charge in [-0.1, -0.05) is 40.8 Å². The number of hydrogen-bond acceptors (Lipinski definition) is 7. The van der Waals surface area contributed by atoms with Gasteiger partial charge in [-0.15, -0.1) is 0 Å². The molecule has 5 rings (SSSR count). The maximum absolute atomic E-state index is 13.7. The number of fused-ring (bicyclic) bond motifs is 5. The Morgan fingerprint density at radius 3 is 2.57 bits per heavy atom. The van der Waals surface area contributed by atoms with Crippen molar-refractivity contribution in [1.29, 1.82) is 0 Å². The minimum Gasteiger partial charge on any atom is -0.468 e. The summed E-state index contributed by atoms with van der Waals surface area (Å²) in [4.78, 5) is 31.3. The summed E-state index contributed by atoms with van der Waals surface area (Å²) in [5.41, 5.74) is 1.75. The molecule has 9 heteroatoms. The highest BCUT2D eigenvalue weighted by molar-refractivity contribution is 6.94. The number of carbonyl (C=O) groups is 1. The molecule has 196 valence electrons. The fraction of sp³-hybridized carbons (Fsp3) is 0.464. The number of nitrogens with zero attached hydrogens (tertiary/aromatic N) is 2. The molecule has 0 unspecified atom stereocenters. The van der Waals surface area contributed by atoms with Crippen molar-refractivity contribution in [2.24, 2.45) is 0 Å². The summed E-state index contributed by atoms with van der Waals surface area (Å²) in [5.74, 6) is -0.0232. The van der Waals surface area contributed by atoms with Crippen LogP contribution < -0.4 is 15.5 Å². The molecule has 1 atom stereocenters. The molecular formula is C28H34N2O6Si. The van der Waals surface area contributed by atoms with Crippen LogP contribution in [-0.4, -0.2) is 42.6 Å². The Morgan fingerprint density at radius 2 is 1.92 bits per heavy atom. The van der Waals surface area contributed by atoms with Gasteiger partial charge < -0.3 is 23.9 Å². The van der Waals surface area contributed by atoms with E-state index in [1.54, 1.807) is 24.7 Å². The molecule has 8 nitrogen and oxygen atoms in total. The zero-order valence-electron chi connectivity index (χ0n) is 22.5. The van der Waals surface area contributed by atoms with Crippen LogP contribution in [0.5, 0.6) is 5.75 Å². The number of aliphatic hydroxyl groups is 1. The Morgan fingerprint density at radius 1 is 1.19 bits per heavy atom. The number of rotatable bonds is 5. The van der Waals surface area contributed by atoms with Crippen molar-refractivity contribution >= 4 is 30.1 Å². The number of carbonyl (C=O) groups excluding carboxylic acids is 1. The second kappa shape index (κ2) is 8.51. The van der Waals surface area contributed by atoms with Gasteiger partial charge >= 0.3 is 5.97 Å². The fourth-order valence-electron chi connectivity index (χ4n) is 5.36. The molecule has 0 bridgehead atoms. The molecule has 4 heterocycles. The summed E-state index contributed by atoms with van der Waals surface area (Å²) in [6.45, 7) is 13.6. The van der Waals surface area contributed by atoms with Crippen molar-refractivity contribution < 1.29 is 24.1 Å². The highest BCUT2D eigenvalue weighted by Crippen LogP contribution is 2.42. The van der Waals surface area contributed by atoms with Gasteiger partial charge in [-0.2, -0.15) is 0 Å². The van der Waals surface area contributed by atoms with Gasteiger partial charge in [-0.05, 0) is 46.5 Å². The van der Waals surface area contributed by atoms with E-state index in [1.807, 2.05) is 18.2 Å². The van der Waals surface area contributed by atoms with Gasteiger partial charge in [-0.25, -0.2) is 9.78 Å². The lowest BCUT2D eigenvalue weighted by molar-refractivity contribution is -0.172. The van der Waals surface area contributed by atoms with E-state index in [0.29, 0.717) is 29.1 Å². The van der Waals surface area contributed by atoms with Crippen LogP contribution in [0, 0.1) is 0 Å². The van der Waals surface area contributed by atoms with E-state index in [-0.39, 0.29) is 30.4 Å². The molecule has 2 aromatic heterocycles. The Labute approximate surface area is 217 Å². The van der Waals surface area contributed by atoms with E-state index in [2.05, 4.69) is 33.9 Å². The van der Waals surface area contributed by atoms with E-state index in [9.17, 15) is 14.7 Å². The minimum absolute atomic E-state index is 0.0140. The van der Waals surface area contributed by atoms with Gasteiger partial charge in [0.1, 0.15) is 12.4 Å². The predicted molar refractivity (Wildman–Crippen MR) is 144 cm³/mol. The highest BCUT2D eigenvalue weighted by atomic mass is 28.3. The van der Waals surface area contributed by atoms with Gasteiger partial charge in [0.2, 0.25) is 0 Å². The van der Waals surface area contributed by atoms with Crippen LogP contribution in [-0.2, 0) is 33.0 Å². The van der Waals surface area contributed by atoms with Crippen molar-refractivity contribution in [2.75, 3.05) is 13.9 Å². The molecular weight excluding hydrogens is 488 g/mol. The molecule has 37 heavy (non-hydrogen) atoms. The van der Waals surface area contributed by atoms with Crippen LogP contribution >= 0.6 is 0 Å². The predicted octanol–water partition coefficient (Wildman–Crippen LogP) is 3.78. The SMILES string of the molecule is CC[C@@]1(O)C(=O)OCc2c1cc1n(c2=O)Cc2c-1nc1ccc(OCOC)cc1c2[Si](C)(C)C(C)(C)C. The molecule has 0 spiro atoms. The largest absolute Gasteiger partial charge is 0.468 e. The smallest absolute Gasteiger partial charge is 0.343 e. The zero-order chi connectivity index (χ0) is 26.9. The number of esters is 1. The van der Waals surface area contributed by atoms with Crippen LogP contribution in [0.15, 0.2) is 29.1 Å².